The Morgan fingerprint density at radius 1 is 1.17 bits per heavy atom. The zero-order chi connectivity index (χ0) is 17.0. The highest BCUT2D eigenvalue weighted by Gasteiger charge is 2.13. The van der Waals surface area contributed by atoms with Gasteiger partial charge >= 0.3 is 0 Å². The van der Waals surface area contributed by atoms with Crippen LogP contribution in [-0.4, -0.2) is 14.3 Å². The third-order valence-electron chi connectivity index (χ3n) is 3.39. The summed E-state index contributed by atoms with van der Waals surface area (Å²) in [4.78, 5) is 12.1. The van der Waals surface area contributed by atoms with Gasteiger partial charge < -0.3 is 5.32 Å². The number of carbonyl (C=O) groups is 1. The van der Waals surface area contributed by atoms with Crippen molar-refractivity contribution in [2.45, 2.75) is 24.3 Å². The van der Waals surface area contributed by atoms with E-state index < -0.39 is 10.0 Å². The molecule has 1 amide bonds. The fourth-order valence-corrected chi connectivity index (χ4v) is 2.85. The van der Waals surface area contributed by atoms with Crippen molar-refractivity contribution in [3.8, 4) is 0 Å². The maximum Gasteiger partial charge on any atom is 0.238 e. The smallest absolute Gasteiger partial charge is 0.238 e. The van der Waals surface area contributed by atoms with Crippen LogP contribution in [0.3, 0.4) is 0 Å². The van der Waals surface area contributed by atoms with Gasteiger partial charge in [0.2, 0.25) is 15.9 Å². The summed E-state index contributed by atoms with van der Waals surface area (Å²) in [6, 6.07) is 13.0. The second kappa shape index (κ2) is 7.12. The van der Waals surface area contributed by atoms with Crippen molar-refractivity contribution in [2.24, 2.45) is 5.14 Å². The number of hydrogen-bond donors (Lipinski definition) is 2. The van der Waals surface area contributed by atoms with Crippen LogP contribution < -0.4 is 10.5 Å². The molecule has 7 heteroatoms. The van der Waals surface area contributed by atoms with Gasteiger partial charge in [0.15, 0.2) is 0 Å². The average Bonchev–Trinajstić information content (AvgIpc) is 2.49. The van der Waals surface area contributed by atoms with Crippen molar-refractivity contribution in [2.75, 3.05) is 0 Å². The number of benzene rings is 2. The number of primary sulfonamides is 1. The van der Waals surface area contributed by atoms with E-state index >= 15 is 0 Å². The molecule has 3 N–H and O–H groups in total. The van der Waals surface area contributed by atoms with Gasteiger partial charge in [0.25, 0.3) is 0 Å². The standard InChI is InChI=1S/C16H17ClN2O3S/c1-11(12-6-8-14(9-7-12)23(18,21)22)19-16(20)10-13-4-2-3-5-15(13)17/h2-9,11H,10H2,1H3,(H,19,20)(H2,18,21,22)/t11-/m0/s1. The van der Waals surface area contributed by atoms with Crippen LogP contribution in [0.2, 0.25) is 5.02 Å². The summed E-state index contributed by atoms with van der Waals surface area (Å²) in [5, 5.41) is 8.45. The van der Waals surface area contributed by atoms with Gasteiger partial charge in [0.1, 0.15) is 0 Å². The van der Waals surface area contributed by atoms with Crippen LogP contribution in [0.25, 0.3) is 0 Å². The van der Waals surface area contributed by atoms with Crippen LogP contribution in [0.1, 0.15) is 24.1 Å². The van der Waals surface area contributed by atoms with E-state index in [1.165, 1.54) is 12.1 Å². The molecule has 1 atom stereocenters. The SMILES string of the molecule is C[C@H](NC(=O)Cc1ccccc1Cl)c1ccc(S(N)(=O)=O)cc1. The number of amides is 1. The molecule has 2 aromatic rings. The van der Waals surface area contributed by atoms with Gasteiger partial charge in [-0.1, -0.05) is 41.9 Å². The van der Waals surface area contributed by atoms with Gasteiger partial charge in [-0.15, -0.1) is 0 Å². The Morgan fingerprint density at radius 2 is 1.78 bits per heavy atom. The first-order chi connectivity index (χ1) is 10.8. The van der Waals surface area contributed by atoms with Crippen molar-refractivity contribution < 1.29 is 13.2 Å². The average molecular weight is 353 g/mol. The highest BCUT2D eigenvalue weighted by Crippen LogP contribution is 2.18. The van der Waals surface area contributed by atoms with E-state index in [1.807, 2.05) is 13.0 Å². The summed E-state index contributed by atoms with van der Waals surface area (Å²) in [6.07, 6.45) is 0.180. The first-order valence-corrected chi connectivity index (χ1v) is 8.85. The normalized spacial score (nSPS) is 12.7. The van der Waals surface area contributed by atoms with Gasteiger partial charge in [-0.3, -0.25) is 4.79 Å². The summed E-state index contributed by atoms with van der Waals surface area (Å²) in [6.45, 7) is 1.82. The van der Waals surface area contributed by atoms with Crippen LogP contribution in [0.4, 0.5) is 0 Å². The molecule has 0 heterocycles. The monoisotopic (exact) mass is 352 g/mol. The van der Waals surface area contributed by atoms with Crippen molar-refractivity contribution in [1.29, 1.82) is 0 Å². The lowest BCUT2D eigenvalue weighted by molar-refractivity contribution is -0.121. The van der Waals surface area contributed by atoms with Crippen LogP contribution in [-0.2, 0) is 21.2 Å². The summed E-state index contributed by atoms with van der Waals surface area (Å²) >= 11 is 6.03. The fraction of sp³-hybridized carbons (Fsp3) is 0.188. The largest absolute Gasteiger partial charge is 0.349 e. The predicted molar refractivity (Wildman–Crippen MR) is 89.5 cm³/mol. The molecule has 2 aromatic carbocycles. The number of halogens is 1. The van der Waals surface area contributed by atoms with Crippen LogP contribution in [0.5, 0.6) is 0 Å². The number of nitrogens with two attached hydrogens (primary N) is 1. The Kier molecular flexibility index (Phi) is 5.41. The molecule has 5 nitrogen and oxygen atoms in total. The molecule has 0 unspecified atom stereocenters. The molecular formula is C16H17ClN2O3S. The zero-order valence-corrected chi connectivity index (χ0v) is 14.1. The van der Waals surface area contributed by atoms with E-state index in [-0.39, 0.29) is 23.3 Å². The van der Waals surface area contributed by atoms with E-state index in [0.717, 1.165) is 11.1 Å². The highest BCUT2D eigenvalue weighted by molar-refractivity contribution is 7.89. The fourth-order valence-electron chi connectivity index (χ4n) is 2.14. The van der Waals surface area contributed by atoms with Gasteiger partial charge in [-0.05, 0) is 36.2 Å². The van der Waals surface area contributed by atoms with E-state index in [1.54, 1.807) is 30.3 Å². The Morgan fingerprint density at radius 3 is 2.35 bits per heavy atom. The summed E-state index contributed by atoms with van der Waals surface area (Å²) < 4.78 is 22.4. The lowest BCUT2D eigenvalue weighted by Gasteiger charge is -2.15. The molecule has 0 radical (unpaired) electrons. The predicted octanol–water partition coefficient (Wildman–Crippen LogP) is 2.41. The van der Waals surface area contributed by atoms with Crippen LogP contribution in [0.15, 0.2) is 53.4 Å². The quantitative estimate of drug-likeness (QED) is 0.865. The Bertz CT molecular complexity index is 804. The Balaban J connectivity index is 2.02. The molecule has 122 valence electrons. The Hall–Kier alpha value is -1.89. The number of hydrogen-bond acceptors (Lipinski definition) is 3. The van der Waals surface area contributed by atoms with Crippen molar-refractivity contribution in [3.05, 3.63) is 64.7 Å². The molecule has 0 aliphatic rings. The summed E-state index contributed by atoms with van der Waals surface area (Å²) in [5.74, 6) is -0.166. The van der Waals surface area contributed by atoms with E-state index in [2.05, 4.69) is 5.32 Å². The maximum absolute atomic E-state index is 12.1. The Labute approximate surface area is 140 Å². The molecule has 23 heavy (non-hydrogen) atoms. The van der Waals surface area contributed by atoms with Crippen molar-refractivity contribution >= 4 is 27.5 Å². The number of carbonyl (C=O) groups excluding carboxylic acids is 1. The zero-order valence-electron chi connectivity index (χ0n) is 12.5. The van der Waals surface area contributed by atoms with Crippen molar-refractivity contribution in [1.82, 2.24) is 5.32 Å². The van der Waals surface area contributed by atoms with Crippen LogP contribution >= 0.6 is 11.6 Å². The summed E-state index contributed by atoms with van der Waals surface area (Å²) in [7, 11) is -3.72. The molecule has 0 saturated carbocycles. The molecule has 2 rings (SSSR count). The van der Waals surface area contributed by atoms with E-state index in [9.17, 15) is 13.2 Å². The van der Waals surface area contributed by atoms with Gasteiger partial charge in [0, 0.05) is 5.02 Å². The lowest BCUT2D eigenvalue weighted by atomic mass is 10.1. The first kappa shape index (κ1) is 17.5. The number of rotatable bonds is 5. The minimum atomic E-state index is -3.72. The van der Waals surface area contributed by atoms with Crippen molar-refractivity contribution in [3.63, 3.8) is 0 Å². The van der Waals surface area contributed by atoms with Gasteiger partial charge in [-0.25, -0.2) is 13.6 Å². The molecular weight excluding hydrogens is 336 g/mol. The van der Waals surface area contributed by atoms with Gasteiger partial charge in [0.05, 0.1) is 17.4 Å². The number of nitrogens with one attached hydrogen (secondary N) is 1. The minimum Gasteiger partial charge on any atom is -0.349 e. The summed E-state index contributed by atoms with van der Waals surface area (Å²) in [5.41, 5.74) is 1.54. The third-order valence-corrected chi connectivity index (χ3v) is 4.69. The van der Waals surface area contributed by atoms with E-state index in [4.69, 9.17) is 16.7 Å². The topological polar surface area (TPSA) is 89.3 Å². The molecule has 0 bridgehead atoms. The third kappa shape index (κ3) is 4.79. The second-order valence-electron chi connectivity index (χ2n) is 5.17. The second-order valence-corrected chi connectivity index (χ2v) is 7.14. The molecule has 0 aromatic heterocycles. The molecule has 0 aliphatic heterocycles. The molecule has 0 fully saturated rings. The molecule has 0 aliphatic carbocycles. The highest BCUT2D eigenvalue weighted by atomic mass is 35.5. The lowest BCUT2D eigenvalue weighted by Crippen LogP contribution is -2.28. The van der Waals surface area contributed by atoms with Gasteiger partial charge in [-0.2, -0.15) is 0 Å². The molecule has 0 spiro atoms. The number of sulfonamides is 1. The molecule has 0 saturated heterocycles. The first-order valence-electron chi connectivity index (χ1n) is 6.93. The maximum atomic E-state index is 12.1. The van der Waals surface area contributed by atoms with E-state index in [0.29, 0.717) is 5.02 Å². The minimum absolute atomic E-state index is 0.0378. The van der Waals surface area contributed by atoms with Crippen LogP contribution in [0, 0.1) is 0 Å².